The minimum atomic E-state index is -0.501. The standard InChI is InChI=1S/C8H16N2O2/c1-7(9)12-8(11)10-5-3-2-4-6-10/h7H,2-6,9H2,1H3. The molecule has 0 aromatic heterocycles. The third-order valence-corrected chi connectivity index (χ3v) is 1.90. The zero-order chi connectivity index (χ0) is 8.97. The topological polar surface area (TPSA) is 55.6 Å². The molecule has 1 fully saturated rings. The molecule has 1 heterocycles. The van der Waals surface area contributed by atoms with Crippen LogP contribution in [0.3, 0.4) is 0 Å². The highest BCUT2D eigenvalue weighted by Crippen LogP contribution is 2.09. The molecule has 0 aliphatic carbocycles. The highest BCUT2D eigenvalue weighted by molar-refractivity contribution is 5.67. The lowest BCUT2D eigenvalue weighted by molar-refractivity contribution is 0.0670. The highest BCUT2D eigenvalue weighted by Gasteiger charge is 2.18. The summed E-state index contributed by atoms with van der Waals surface area (Å²) in [7, 11) is 0. The van der Waals surface area contributed by atoms with E-state index >= 15 is 0 Å². The third-order valence-electron chi connectivity index (χ3n) is 1.90. The van der Waals surface area contributed by atoms with Crippen molar-refractivity contribution in [2.75, 3.05) is 13.1 Å². The van der Waals surface area contributed by atoms with E-state index in [1.807, 2.05) is 0 Å². The summed E-state index contributed by atoms with van der Waals surface area (Å²) in [6.07, 6.45) is 2.59. The Balaban J connectivity index is 2.30. The number of nitrogens with zero attached hydrogens (tertiary/aromatic N) is 1. The molecule has 1 saturated heterocycles. The van der Waals surface area contributed by atoms with E-state index in [2.05, 4.69) is 0 Å². The molecule has 12 heavy (non-hydrogen) atoms. The Bertz CT molecular complexity index is 153. The first kappa shape index (κ1) is 9.32. The summed E-state index contributed by atoms with van der Waals surface area (Å²) >= 11 is 0. The predicted octanol–water partition coefficient (Wildman–Crippen LogP) is 0.914. The molecular formula is C8H16N2O2. The fourth-order valence-electron chi connectivity index (χ4n) is 1.31. The van der Waals surface area contributed by atoms with E-state index in [4.69, 9.17) is 10.5 Å². The Kier molecular flexibility index (Phi) is 3.34. The van der Waals surface area contributed by atoms with Crippen molar-refractivity contribution in [3.8, 4) is 0 Å². The van der Waals surface area contributed by atoms with E-state index in [-0.39, 0.29) is 6.09 Å². The molecule has 0 aromatic rings. The van der Waals surface area contributed by atoms with Crippen LogP contribution < -0.4 is 5.73 Å². The summed E-state index contributed by atoms with van der Waals surface area (Å²) in [6.45, 7) is 3.28. The van der Waals surface area contributed by atoms with Crippen molar-refractivity contribution in [2.24, 2.45) is 5.73 Å². The van der Waals surface area contributed by atoms with Crippen LogP contribution in [0.2, 0.25) is 0 Å². The van der Waals surface area contributed by atoms with Crippen molar-refractivity contribution in [1.29, 1.82) is 0 Å². The van der Waals surface area contributed by atoms with Crippen LogP contribution >= 0.6 is 0 Å². The molecule has 0 aromatic carbocycles. The van der Waals surface area contributed by atoms with Crippen LogP contribution in [0.15, 0.2) is 0 Å². The van der Waals surface area contributed by atoms with E-state index in [1.54, 1.807) is 11.8 Å². The first-order valence-electron chi connectivity index (χ1n) is 4.41. The molecule has 1 atom stereocenters. The summed E-state index contributed by atoms with van der Waals surface area (Å²) in [5, 5.41) is 0. The second kappa shape index (κ2) is 4.30. The van der Waals surface area contributed by atoms with Crippen molar-refractivity contribution in [3.63, 3.8) is 0 Å². The fraction of sp³-hybridized carbons (Fsp3) is 0.875. The van der Waals surface area contributed by atoms with Gasteiger partial charge in [-0.25, -0.2) is 4.79 Å². The summed E-state index contributed by atoms with van der Waals surface area (Å²) in [5.74, 6) is 0. The van der Waals surface area contributed by atoms with Crippen LogP contribution in [0.1, 0.15) is 26.2 Å². The molecule has 2 N–H and O–H groups in total. The molecule has 0 bridgehead atoms. The molecule has 1 aliphatic rings. The number of rotatable bonds is 1. The first-order chi connectivity index (χ1) is 5.70. The van der Waals surface area contributed by atoms with Crippen LogP contribution in [0, 0.1) is 0 Å². The molecule has 1 aliphatic heterocycles. The SMILES string of the molecule is CC(N)OC(=O)N1CCCCC1. The summed E-state index contributed by atoms with van der Waals surface area (Å²) in [4.78, 5) is 12.9. The van der Waals surface area contributed by atoms with Gasteiger partial charge in [0.05, 0.1) is 0 Å². The van der Waals surface area contributed by atoms with Crippen molar-refractivity contribution in [3.05, 3.63) is 0 Å². The second-order valence-corrected chi connectivity index (χ2v) is 3.14. The van der Waals surface area contributed by atoms with E-state index < -0.39 is 6.23 Å². The van der Waals surface area contributed by atoms with Crippen LogP contribution in [0.5, 0.6) is 0 Å². The summed E-state index contributed by atoms with van der Waals surface area (Å²) in [6, 6.07) is 0. The van der Waals surface area contributed by atoms with Crippen LogP contribution in [0.25, 0.3) is 0 Å². The molecule has 1 unspecified atom stereocenters. The van der Waals surface area contributed by atoms with Gasteiger partial charge in [0, 0.05) is 13.1 Å². The van der Waals surface area contributed by atoms with Gasteiger partial charge in [-0.2, -0.15) is 0 Å². The summed E-state index contributed by atoms with van der Waals surface area (Å²) < 4.78 is 4.85. The molecule has 1 amide bonds. The quantitative estimate of drug-likeness (QED) is 0.598. The van der Waals surface area contributed by atoms with Crippen LogP contribution in [0.4, 0.5) is 4.79 Å². The van der Waals surface area contributed by atoms with Gasteiger partial charge in [0.15, 0.2) is 0 Å². The molecule has 1 rings (SSSR count). The minimum absolute atomic E-state index is 0.273. The predicted molar refractivity (Wildman–Crippen MR) is 45.6 cm³/mol. The van der Waals surface area contributed by atoms with Crippen molar-refractivity contribution in [1.82, 2.24) is 4.90 Å². The fourth-order valence-corrected chi connectivity index (χ4v) is 1.31. The van der Waals surface area contributed by atoms with E-state index in [9.17, 15) is 4.79 Å². The zero-order valence-corrected chi connectivity index (χ0v) is 7.45. The van der Waals surface area contributed by atoms with Crippen LogP contribution in [-0.2, 0) is 4.74 Å². The lowest BCUT2D eigenvalue weighted by Gasteiger charge is -2.26. The number of ether oxygens (including phenoxy) is 1. The molecule has 70 valence electrons. The van der Waals surface area contributed by atoms with Gasteiger partial charge >= 0.3 is 6.09 Å². The number of hydrogen-bond acceptors (Lipinski definition) is 3. The number of likely N-dealkylation sites (tertiary alicyclic amines) is 1. The maximum Gasteiger partial charge on any atom is 0.411 e. The lowest BCUT2D eigenvalue weighted by Crippen LogP contribution is -2.39. The molecule has 0 saturated carbocycles. The Morgan fingerprint density at radius 1 is 1.42 bits per heavy atom. The highest BCUT2D eigenvalue weighted by atomic mass is 16.6. The maximum atomic E-state index is 11.2. The third kappa shape index (κ3) is 2.70. The van der Waals surface area contributed by atoms with Gasteiger partial charge in [-0.3, -0.25) is 5.73 Å². The number of carbonyl (C=O) groups excluding carboxylic acids is 1. The Morgan fingerprint density at radius 3 is 2.50 bits per heavy atom. The number of hydrogen-bond donors (Lipinski definition) is 1. The van der Waals surface area contributed by atoms with E-state index in [0.29, 0.717) is 0 Å². The Hall–Kier alpha value is -0.770. The average Bonchev–Trinajstić information content (AvgIpc) is 2.05. The van der Waals surface area contributed by atoms with Gasteiger partial charge < -0.3 is 9.64 Å². The van der Waals surface area contributed by atoms with Crippen molar-refractivity contribution < 1.29 is 9.53 Å². The normalized spacial score (nSPS) is 20.3. The second-order valence-electron chi connectivity index (χ2n) is 3.14. The van der Waals surface area contributed by atoms with Gasteiger partial charge in [0.25, 0.3) is 0 Å². The number of amides is 1. The smallest absolute Gasteiger partial charge is 0.411 e. The molecule has 0 spiro atoms. The average molecular weight is 172 g/mol. The van der Waals surface area contributed by atoms with Gasteiger partial charge in [0.1, 0.15) is 6.23 Å². The molecular weight excluding hydrogens is 156 g/mol. The largest absolute Gasteiger partial charge is 0.431 e. The van der Waals surface area contributed by atoms with Gasteiger partial charge in [-0.15, -0.1) is 0 Å². The molecule has 4 nitrogen and oxygen atoms in total. The maximum absolute atomic E-state index is 11.2. The van der Waals surface area contributed by atoms with Crippen molar-refractivity contribution >= 4 is 6.09 Å². The van der Waals surface area contributed by atoms with Gasteiger partial charge in [-0.1, -0.05) is 0 Å². The first-order valence-corrected chi connectivity index (χ1v) is 4.41. The number of nitrogens with two attached hydrogens (primary N) is 1. The van der Waals surface area contributed by atoms with E-state index in [0.717, 1.165) is 25.9 Å². The zero-order valence-electron chi connectivity index (χ0n) is 7.45. The Morgan fingerprint density at radius 2 is 2.00 bits per heavy atom. The number of piperidine rings is 1. The molecule has 0 radical (unpaired) electrons. The van der Waals surface area contributed by atoms with Crippen LogP contribution in [-0.4, -0.2) is 30.3 Å². The number of carbonyl (C=O) groups is 1. The summed E-state index contributed by atoms with van der Waals surface area (Å²) in [5.41, 5.74) is 5.33. The van der Waals surface area contributed by atoms with E-state index in [1.165, 1.54) is 6.42 Å². The monoisotopic (exact) mass is 172 g/mol. The van der Waals surface area contributed by atoms with Gasteiger partial charge in [-0.05, 0) is 26.2 Å². The Labute approximate surface area is 72.7 Å². The molecule has 4 heteroatoms. The van der Waals surface area contributed by atoms with Crippen molar-refractivity contribution in [2.45, 2.75) is 32.4 Å². The lowest BCUT2D eigenvalue weighted by atomic mass is 10.1. The van der Waals surface area contributed by atoms with Gasteiger partial charge in [0.2, 0.25) is 0 Å². The minimum Gasteiger partial charge on any atom is -0.431 e.